The van der Waals surface area contributed by atoms with Crippen molar-refractivity contribution in [2.75, 3.05) is 32.0 Å². The van der Waals surface area contributed by atoms with E-state index in [-0.39, 0.29) is 5.56 Å². The van der Waals surface area contributed by atoms with Gasteiger partial charge in [-0.1, -0.05) is 18.2 Å². The number of hydrogen-bond acceptors (Lipinski definition) is 4. The number of anilines is 1. The van der Waals surface area contributed by atoms with E-state index in [1.54, 1.807) is 0 Å². The van der Waals surface area contributed by atoms with Gasteiger partial charge in [-0.05, 0) is 32.0 Å². The summed E-state index contributed by atoms with van der Waals surface area (Å²) >= 11 is 0. The van der Waals surface area contributed by atoms with E-state index < -0.39 is 5.97 Å². The topological polar surface area (TPSA) is 65.5 Å². The zero-order valence-electron chi connectivity index (χ0n) is 12.0. The van der Waals surface area contributed by atoms with E-state index in [1.165, 1.54) is 6.20 Å². The SMILES string of the molecule is CN1CCC(CNc2c(C(=O)O)cnc3ccccc23)C1. The standard InChI is InChI=1S/C16H19N3O2/c1-19-7-6-11(10-19)8-18-15-12-4-2-3-5-14(12)17-9-13(15)16(20)21/h2-5,9,11H,6-8,10H2,1H3,(H,17,18)(H,20,21). The quantitative estimate of drug-likeness (QED) is 0.902. The summed E-state index contributed by atoms with van der Waals surface area (Å²) in [7, 11) is 2.12. The van der Waals surface area contributed by atoms with Crippen molar-refractivity contribution >= 4 is 22.6 Å². The number of benzene rings is 1. The third kappa shape index (κ3) is 2.83. The van der Waals surface area contributed by atoms with Crippen molar-refractivity contribution in [3.63, 3.8) is 0 Å². The molecule has 1 saturated heterocycles. The summed E-state index contributed by atoms with van der Waals surface area (Å²) in [5.74, 6) is -0.386. The second-order valence-corrected chi connectivity index (χ2v) is 5.67. The van der Waals surface area contributed by atoms with Gasteiger partial charge < -0.3 is 15.3 Å². The molecule has 1 unspecified atom stereocenters. The van der Waals surface area contributed by atoms with Gasteiger partial charge in [0, 0.05) is 24.7 Å². The van der Waals surface area contributed by atoms with Crippen LogP contribution < -0.4 is 5.32 Å². The minimum Gasteiger partial charge on any atom is -0.478 e. The number of carboxylic acid groups (broad SMARTS) is 1. The van der Waals surface area contributed by atoms with E-state index in [0.29, 0.717) is 11.6 Å². The van der Waals surface area contributed by atoms with Gasteiger partial charge in [0.1, 0.15) is 5.56 Å². The van der Waals surface area contributed by atoms with Gasteiger partial charge in [-0.2, -0.15) is 0 Å². The number of fused-ring (bicyclic) bond motifs is 1. The predicted octanol–water partition coefficient (Wildman–Crippen LogP) is 2.30. The Kier molecular flexibility index (Phi) is 3.75. The Labute approximate surface area is 123 Å². The molecule has 0 amide bonds. The van der Waals surface area contributed by atoms with Crippen molar-refractivity contribution in [2.24, 2.45) is 5.92 Å². The third-order valence-electron chi connectivity index (χ3n) is 4.06. The van der Waals surface area contributed by atoms with Gasteiger partial charge in [0.15, 0.2) is 0 Å². The Morgan fingerprint density at radius 2 is 2.29 bits per heavy atom. The average molecular weight is 285 g/mol. The molecule has 0 bridgehead atoms. The molecule has 1 aromatic heterocycles. The van der Waals surface area contributed by atoms with Gasteiger partial charge in [0.2, 0.25) is 0 Å². The average Bonchev–Trinajstić information content (AvgIpc) is 2.90. The molecular weight excluding hydrogens is 266 g/mol. The second kappa shape index (κ2) is 5.69. The first-order valence-corrected chi connectivity index (χ1v) is 7.18. The lowest BCUT2D eigenvalue weighted by Crippen LogP contribution is -2.20. The number of pyridine rings is 1. The van der Waals surface area contributed by atoms with Crippen LogP contribution in [0.1, 0.15) is 16.8 Å². The molecule has 5 heteroatoms. The predicted molar refractivity (Wildman–Crippen MR) is 82.8 cm³/mol. The van der Waals surface area contributed by atoms with E-state index in [1.807, 2.05) is 24.3 Å². The van der Waals surface area contributed by atoms with Crippen LogP contribution in [-0.4, -0.2) is 47.6 Å². The summed E-state index contributed by atoms with van der Waals surface area (Å²) in [6.07, 6.45) is 2.59. The fourth-order valence-corrected chi connectivity index (χ4v) is 2.93. The molecule has 0 aliphatic carbocycles. The number of hydrogen-bond donors (Lipinski definition) is 2. The molecule has 2 heterocycles. The summed E-state index contributed by atoms with van der Waals surface area (Å²) < 4.78 is 0. The van der Waals surface area contributed by atoms with Crippen LogP contribution >= 0.6 is 0 Å². The molecule has 1 atom stereocenters. The highest BCUT2D eigenvalue weighted by Crippen LogP contribution is 2.27. The van der Waals surface area contributed by atoms with Crippen LogP contribution in [0.2, 0.25) is 0 Å². The Bertz CT molecular complexity index is 672. The van der Waals surface area contributed by atoms with Gasteiger partial charge in [0.25, 0.3) is 0 Å². The first-order chi connectivity index (χ1) is 10.1. The van der Waals surface area contributed by atoms with Crippen molar-refractivity contribution < 1.29 is 9.90 Å². The largest absolute Gasteiger partial charge is 0.478 e. The number of aromatic carboxylic acids is 1. The Hall–Kier alpha value is -2.14. The summed E-state index contributed by atoms with van der Waals surface area (Å²) in [5.41, 5.74) is 1.73. The Morgan fingerprint density at radius 1 is 1.48 bits per heavy atom. The van der Waals surface area contributed by atoms with Crippen LogP contribution in [0.25, 0.3) is 10.9 Å². The first-order valence-electron chi connectivity index (χ1n) is 7.18. The van der Waals surface area contributed by atoms with Gasteiger partial charge in [-0.15, -0.1) is 0 Å². The summed E-state index contributed by atoms with van der Waals surface area (Å²) in [6.45, 7) is 2.95. The van der Waals surface area contributed by atoms with Crippen LogP contribution in [0.4, 0.5) is 5.69 Å². The number of para-hydroxylation sites is 1. The molecular formula is C16H19N3O2. The lowest BCUT2D eigenvalue weighted by atomic mass is 10.1. The summed E-state index contributed by atoms with van der Waals surface area (Å²) in [5, 5.41) is 13.6. The van der Waals surface area contributed by atoms with Crippen molar-refractivity contribution in [2.45, 2.75) is 6.42 Å². The van der Waals surface area contributed by atoms with Crippen molar-refractivity contribution in [1.82, 2.24) is 9.88 Å². The normalized spacial score (nSPS) is 19.0. The highest BCUT2D eigenvalue weighted by atomic mass is 16.4. The molecule has 3 rings (SSSR count). The lowest BCUT2D eigenvalue weighted by molar-refractivity contribution is 0.0697. The Morgan fingerprint density at radius 3 is 3.00 bits per heavy atom. The molecule has 5 nitrogen and oxygen atoms in total. The van der Waals surface area contributed by atoms with Crippen LogP contribution in [0, 0.1) is 5.92 Å². The fourth-order valence-electron chi connectivity index (χ4n) is 2.93. The minimum absolute atomic E-state index is 0.236. The van der Waals surface area contributed by atoms with Crippen molar-refractivity contribution in [3.05, 3.63) is 36.0 Å². The monoisotopic (exact) mass is 285 g/mol. The number of carbonyl (C=O) groups is 1. The van der Waals surface area contributed by atoms with E-state index in [4.69, 9.17) is 0 Å². The van der Waals surface area contributed by atoms with Crippen LogP contribution in [0.3, 0.4) is 0 Å². The van der Waals surface area contributed by atoms with E-state index in [9.17, 15) is 9.90 Å². The molecule has 2 N–H and O–H groups in total. The molecule has 110 valence electrons. The van der Waals surface area contributed by atoms with Crippen LogP contribution in [0.15, 0.2) is 30.5 Å². The maximum atomic E-state index is 11.4. The maximum absolute atomic E-state index is 11.4. The zero-order valence-corrected chi connectivity index (χ0v) is 12.0. The van der Waals surface area contributed by atoms with E-state index in [0.717, 1.165) is 37.0 Å². The van der Waals surface area contributed by atoms with Gasteiger partial charge in [-0.3, -0.25) is 4.98 Å². The molecule has 1 aliphatic heterocycles. The van der Waals surface area contributed by atoms with Crippen LogP contribution in [0.5, 0.6) is 0 Å². The zero-order chi connectivity index (χ0) is 14.8. The molecule has 1 aromatic carbocycles. The molecule has 0 saturated carbocycles. The highest BCUT2D eigenvalue weighted by Gasteiger charge is 2.21. The first kappa shape index (κ1) is 13.8. The second-order valence-electron chi connectivity index (χ2n) is 5.67. The molecule has 0 spiro atoms. The van der Waals surface area contributed by atoms with Crippen molar-refractivity contribution in [3.8, 4) is 0 Å². The number of likely N-dealkylation sites (tertiary alicyclic amines) is 1. The van der Waals surface area contributed by atoms with Gasteiger partial charge in [-0.25, -0.2) is 4.79 Å². The van der Waals surface area contributed by atoms with Gasteiger partial charge in [0.05, 0.1) is 11.2 Å². The number of nitrogens with zero attached hydrogens (tertiary/aromatic N) is 2. The number of rotatable bonds is 4. The molecule has 21 heavy (non-hydrogen) atoms. The summed E-state index contributed by atoms with van der Waals surface area (Å²) in [4.78, 5) is 18.0. The van der Waals surface area contributed by atoms with Gasteiger partial charge >= 0.3 is 5.97 Å². The third-order valence-corrected chi connectivity index (χ3v) is 4.06. The molecule has 1 aliphatic rings. The summed E-state index contributed by atoms with van der Waals surface area (Å²) in [6, 6.07) is 7.63. The van der Waals surface area contributed by atoms with Crippen LogP contribution in [-0.2, 0) is 0 Å². The highest BCUT2D eigenvalue weighted by molar-refractivity contribution is 6.04. The lowest BCUT2D eigenvalue weighted by Gasteiger charge is -2.16. The molecule has 1 fully saturated rings. The smallest absolute Gasteiger partial charge is 0.339 e. The number of nitrogens with one attached hydrogen (secondary N) is 1. The number of carboxylic acids is 1. The maximum Gasteiger partial charge on any atom is 0.339 e. The molecule has 0 radical (unpaired) electrons. The van der Waals surface area contributed by atoms with E-state index in [2.05, 4.69) is 22.2 Å². The molecule has 2 aromatic rings. The Balaban J connectivity index is 1.91. The van der Waals surface area contributed by atoms with Crippen molar-refractivity contribution in [1.29, 1.82) is 0 Å². The van der Waals surface area contributed by atoms with E-state index >= 15 is 0 Å². The number of aromatic nitrogens is 1. The fraction of sp³-hybridized carbons (Fsp3) is 0.375. The minimum atomic E-state index is -0.945.